The zero-order valence-electron chi connectivity index (χ0n) is 16.9. The lowest BCUT2D eigenvalue weighted by atomic mass is 10.1. The Bertz CT molecular complexity index is 911. The van der Waals surface area contributed by atoms with Crippen LogP contribution in [-0.4, -0.2) is 72.9 Å². The number of thiazole rings is 1. The van der Waals surface area contributed by atoms with Gasteiger partial charge in [0.15, 0.2) is 5.13 Å². The van der Waals surface area contributed by atoms with Crippen LogP contribution in [0.15, 0.2) is 18.2 Å². The average Bonchev–Trinajstić information content (AvgIpc) is 3.24. The van der Waals surface area contributed by atoms with E-state index < -0.39 is 0 Å². The average molecular weight is 419 g/mol. The first-order chi connectivity index (χ1) is 13.9. The molecule has 0 saturated carbocycles. The van der Waals surface area contributed by atoms with Crippen LogP contribution < -0.4 is 5.32 Å². The van der Waals surface area contributed by atoms with E-state index in [1.54, 1.807) is 30.0 Å². The molecule has 1 aliphatic rings. The highest BCUT2D eigenvalue weighted by atomic mass is 32.1. The fourth-order valence-electron chi connectivity index (χ4n) is 3.27. The second-order valence-corrected chi connectivity index (χ2v) is 8.34. The van der Waals surface area contributed by atoms with Crippen LogP contribution in [0.4, 0.5) is 5.13 Å². The molecule has 2 heterocycles. The molecule has 8 nitrogen and oxygen atoms in total. The zero-order chi connectivity index (χ0) is 21.0. The highest BCUT2D eigenvalue weighted by Gasteiger charge is 2.34. The topological polar surface area (TPSA) is 91.8 Å². The summed E-state index contributed by atoms with van der Waals surface area (Å²) in [5.74, 6) is -0.929. The Morgan fingerprint density at radius 2 is 2.17 bits per heavy atom. The third-order valence-electron chi connectivity index (χ3n) is 4.75. The molecule has 156 valence electrons. The van der Waals surface area contributed by atoms with E-state index in [0.717, 1.165) is 17.7 Å². The number of hydrogen-bond acceptors (Lipinski definition) is 7. The molecule has 1 atom stereocenters. The van der Waals surface area contributed by atoms with E-state index in [0.29, 0.717) is 35.9 Å². The summed E-state index contributed by atoms with van der Waals surface area (Å²) in [7, 11) is 3.99. The van der Waals surface area contributed by atoms with Gasteiger partial charge in [-0.2, -0.15) is 0 Å². The molecule has 1 saturated heterocycles. The molecule has 1 N–H and O–H groups in total. The van der Waals surface area contributed by atoms with Gasteiger partial charge in [0.05, 0.1) is 28.3 Å². The van der Waals surface area contributed by atoms with Crippen molar-refractivity contribution < 1.29 is 19.1 Å². The van der Waals surface area contributed by atoms with Crippen molar-refractivity contribution in [2.45, 2.75) is 19.8 Å². The van der Waals surface area contributed by atoms with Gasteiger partial charge in [0.2, 0.25) is 11.8 Å². The maximum absolute atomic E-state index is 12.6. The lowest BCUT2D eigenvalue weighted by Crippen LogP contribution is -2.30. The molecule has 3 rings (SSSR count). The molecule has 1 unspecified atom stereocenters. The molecule has 9 heteroatoms. The number of amides is 2. The molecular weight excluding hydrogens is 392 g/mol. The van der Waals surface area contributed by atoms with E-state index in [-0.39, 0.29) is 30.1 Å². The number of nitrogens with zero attached hydrogens (tertiary/aromatic N) is 3. The Labute approximate surface area is 173 Å². The SMILES string of the molecule is CCOC(=O)c1ccc2nc(NC(=O)C3CC(=O)N(CCCN(C)C)C3)sc2c1. The minimum absolute atomic E-state index is 0.0206. The molecular formula is C20H26N4O4S. The smallest absolute Gasteiger partial charge is 0.338 e. The van der Waals surface area contributed by atoms with Crippen molar-refractivity contribution in [1.82, 2.24) is 14.8 Å². The molecule has 0 aliphatic carbocycles. The number of hydrogen-bond donors (Lipinski definition) is 1. The van der Waals surface area contributed by atoms with Gasteiger partial charge in [0, 0.05) is 19.5 Å². The van der Waals surface area contributed by atoms with E-state index in [9.17, 15) is 14.4 Å². The molecule has 1 aromatic carbocycles. The molecule has 1 fully saturated rings. The van der Waals surface area contributed by atoms with Crippen LogP contribution in [0.3, 0.4) is 0 Å². The fraction of sp³-hybridized carbons (Fsp3) is 0.500. The summed E-state index contributed by atoms with van der Waals surface area (Å²) in [5, 5.41) is 3.29. The van der Waals surface area contributed by atoms with Gasteiger partial charge in [-0.05, 0) is 52.2 Å². The summed E-state index contributed by atoms with van der Waals surface area (Å²) in [6.07, 6.45) is 1.11. The Hall–Kier alpha value is -2.52. The predicted molar refractivity (Wildman–Crippen MR) is 112 cm³/mol. The fourth-order valence-corrected chi connectivity index (χ4v) is 4.18. The van der Waals surface area contributed by atoms with Crippen molar-refractivity contribution in [2.75, 3.05) is 45.7 Å². The maximum Gasteiger partial charge on any atom is 0.338 e. The third-order valence-corrected chi connectivity index (χ3v) is 5.68. The van der Waals surface area contributed by atoms with Crippen molar-refractivity contribution in [3.05, 3.63) is 23.8 Å². The first-order valence-corrected chi connectivity index (χ1v) is 10.5. The van der Waals surface area contributed by atoms with E-state index in [2.05, 4.69) is 15.2 Å². The van der Waals surface area contributed by atoms with E-state index in [4.69, 9.17) is 4.74 Å². The number of esters is 1. The number of ether oxygens (including phenoxy) is 1. The van der Waals surface area contributed by atoms with E-state index >= 15 is 0 Å². The summed E-state index contributed by atoms with van der Waals surface area (Å²) in [4.78, 5) is 44.9. The number of carbonyl (C=O) groups excluding carboxylic acids is 3. The van der Waals surface area contributed by atoms with Crippen LogP contribution >= 0.6 is 11.3 Å². The van der Waals surface area contributed by atoms with Gasteiger partial charge in [-0.3, -0.25) is 9.59 Å². The maximum atomic E-state index is 12.6. The highest BCUT2D eigenvalue weighted by Crippen LogP contribution is 2.28. The normalized spacial score (nSPS) is 16.6. The number of aromatic nitrogens is 1. The largest absolute Gasteiger partial charge is 0.462 e. The summed E-state index contributed by atoms with van der Waals surface area (Å²) >= 11 is 1.30. The summed E-state index contributed by atoms with van der Waals surface area (Å²) < 4.78 is 5.80. The number of fused-ring (bicyclic) bond motifs is 1. The molecule has 0 bridgehead atoms. The van der Waals surface area contributed by atoms with Crippen molar-refractivity contribution in [1.29, 1.82) is 0 Å². The molecule has 0 radical (unpaired) electrons. The quantitative estimate of drug-likeness (QED) is 0.661. The van der Waals surface area contributed by atoms with Crippen LogP contribution in [0.1, 0.15) is 30.1 Å². The van der Waals surface area contributed by atoms with Gasteiger partial charge >= 0.3 is 5.97 Å². The summed E-state index contributed by atoms with van der Waals surface area (Å²) in [6.45, 7) is 4.08. The third kappa shape index (κ3) is 5.30. The van der Waals surface area contributed by atoms with Gasteiger partial charge in [0.1, 0.15) is 0 Å². The van der Waals surface area contributed by atoms with Crippen LogP contribution in [0.2, 0.25) is 0 Å². The van der Waals surface area contributed by atoms with Crippen molar-refractivity contribution in [3.63, 3.8) is 0 Å². The first-order valence-electron chi connectivity index (χ1n) is 9.68. The van der Waals surface area contributed by atoms with E-state index in [1.165, 1.54) is 11.3 Å². The Kier molecular flexibility index (Phi) is 6.81. The van der Waals surface area contributed by atoms with Crippen LogP contribution in [0.5, 0.6) is 0 Å². The van der Waals surface area contributed by atoms with Crippen molar-refractivity contribution in [2.24, 2.45) is 5.92 Å². The highest BCUT2D eigenvalue weighted by molar-refractivity contribution is 7.22. The van der Waals surface area contributed by atoms with Crippen molar-refractivity contribution >= 4 is 44.5 Å². The number of carbonyl (C=O) groups is 3. The van der Waals surface area contributed by atoms with Gasteiger partial charge in [-0.1, -0.05) is 11.3 Å². The summed E-state index contributed by atoms with van der Waals surface area (Å²) in [6, 6.07) is 5.11. The molecule has 1 aromatic heterocycles. The summed E-state index contributed by atoms with van der Waals surface area (Å²) in [5.41, 5.74) is 1.15. The predicted octanol–water partition coefficient (Wildman–Crippen LogP) is 2.21. The van der Waals surface area contributed by atoms with Crippen LogP contribution in [0.25, 0.3) is 10.2 Å². The number of benzene rings is 1. The number of nitrogens with one attached hydrogen (secondary N) is 1. The molecule has 2 amide bonds. The lowest BCUT2D eigenvalue weighted by Gasteiger charge is -2.17. The molecule has 29 heavy (non-hydrogen) atoms. The second-order valence-electron chi connectivity index (χ2n) is 7.31. The Balaban J connectivity index is 1.61. The Morgan fingerprint density at radius 1 is 1.38 bits per heavy atom. The monoisotopic (exact) mass is 418 g/mol. The van der Waals surface area contributed by atoms with Gasteiger partial charge in [-0.25, -0.2) is 9.78 Å². The number of likely N-dealkylation sites (tertiary alicyclic amines) is 1. The number of anilines is 1. The van der Waals surface area contributed by atoms with E-state index in [1.807, 2.05) is 14.1 Å². The first kappa shape index (κ1) is 21.2. The minimum Gasteiger partial charge on any atom is -0.462 e. The van der Waals surface area contributed by atoms with Gasteiger partial charge in [-0.15, -0.1) is 0 Å². The van der Waals surface area contributed by atoms with Gasteiger partial charge in [0.25, 0.3) is 0 Å². The Morgan fingerprint density at radius 3 is 2.90 bits per heavy atom. The minimum atomic E-state index is -0.382. The van der Waals surface area contributed by atoms with Crippen LogP contribution in [-0.2, 0) is 14.3 Å². The standard InChI is InChI=1S/C20H26N4O4S/c1-4-28-19(27)13-6-7-15-16(10-13)29-20(21-15)22-18(26)14-11-17(25)24(12-14)9-5-8-23(2)3/h6-7,10,14H,4-5,8-9,11-12H2,1-3H3,(H,21,22,26). The van der Waals surface area contributed by atoms with Crippen molar-refractivity contribution in [3.8, 4) is 0 Å². The molecule has 0 spiro atoms. The lowest BCUT2D eigenvalue weighted by molar-refractivity contribution is -0.128. The van der Waals surface area contributed by atoms with Crippen LogP contribution in [0, 0.1) is 5.92 Å². The number of rotatable bonds is 8. The molecule has 2 aromatic rings. The van der Waals surface area contributed by atoms with Gasteiger partial charge < -0.3 is 19.9 Å². The zero-order valence-corrected chi connectivity index (χ0v) is 17.8. The second kappa shape index (κ2) is 9.32. The molecule has 1 aliphatic heterocycles.